The zero-order valence-corrected chi connectivity index (χ0v) is 14.7. The van der Waals surface area contributed by atoms with Gasteiger partial charge in [0, 0.05) is 35.6 Å². The number of nitrogens with two attached hydrogens (primary N) is 1. The number of hydrogen-bond acceptors (Lipinski definition) is 3. The summed E-state index contributed by atoms with van der Waals surface area (Å²) in [4.78, 5) is 26.6. The minimum Gasteiger partial charge on any atom is -0.368 e. The van der Waals surface area contributed by atoms with Crippen LogP contribution in [0.5, 0.6) is 0 Å². The number of Topliss-reactive ketones (excluding diaryl/α,β-unsaturated/α-hetero) is 1. The minimum atomic E-state index is -0.474. The lowest BCUT2D eigenvalue weighted by Gasteiger charge is -2.24. The third-order valence-corrected chi connectivity index (χ3v) is 4.92. The molecule has 0 bridgehead atoms. The van der Waals surface area contributed by atoms with E-state index >= 15 is 0 Å². The molecule has 25 heavy (non-hydrogen) atoms. The van der Waals surface area contributed by atoms with Gasteiger partial charge in [-0.05, 0) is 31.5 Å². The second-order valence-electron chi connectivity index (χ2n) is 6.49. The predicted octanol–water partition coefficient (Wildman–Crippen LogP) is 2.39. The Balaban J connectivity index is 1.90. The van der Waals surface area contributed by atoms with Crippen LogP contribution in [0.4, 0.5) is 5.69 Å². The molecule has 2 N–H and O–H groups in total. The first-order valence-electron chi connectivity index (χ1n) is 8.38. The van der Waals surface area contributed by atoms with Crippen molar-refractivity contribution in [3.8, 4) is 0 Å². The van der Waals surface area contributed by atoms with Gasteiger partial charge in [0.2, 0.25) is 5.91 Å². The van der Waals surface area contributed by atoms with Crippen molar-refractivity contribution < 1.29 is 9.59 Å². The smallest absolute Gasteiger partial charge is 0.240 e. The second kappa shape index (κ2) is 6.59. The SMILES string of the molecule is C=CCn1c(C)cc(C(=O)CN2c3ccccc3C[C@H]2C(N)=O)c1C. The first-order chi connectivity index (χ1) is 11.9. The summed E-state index contributed by atoms with van der Waals surface area (Å²) < 4.78 is 2.06. The van der Waals surface area contributed by atoms with Gasteiger partial charge in [-0.1, -0.05) is 24.3 Å². The number of primary amides is 1. The molecule has 2 heterocycles. The van der Waals surface area contributed by atoms with Crippen LogP contribution in [-0.4, -0.2) is 28.8 Å². The van der Waals surface area contributed by atoms with E-state index in [9.17, 15) is 9.59 Å². The van der Waals surface area contributed by atoms with Crippen molar-refractivity contribution in [3.05, 3.63) is 65.5 Å². The van der Waals surface area contributed by atoms with Crippen LogP contribution in [0, 0.1) is 13.8 Å². The average molecular weight is 337 g/mol. The standard InChI is InChI=1S/C20H23N3O2/c1-4-9-22-13(2)10-16(14(22)3)19(24)12-23-17-8-6-5-7-15(17)11-18(23)20(21)25/h4-8,10,18H,1,9,11-12H2,2-3H3,(H2,21,25)/t18-/m0/s1. The van der Waals surface area contributed by atoms with Crippen LogP contribution in [0.2, 0.25) is 0 Å². The molecule has 0 aliphatic carbocycles. The zero-order valence-electron chi connectivity index (χ0n) is 14.7. The van der Waals surface area contributed by atoms with Gasteiger partial charge in [-0.15, -0.1) is 6.58 Å². The van der Waals surface area contributed by atoms with E-state index in [0.717, 1.165) is 22.6 Å². The molecule has 1 aliphatic heterocycles. The maximum Gasteiger partial charge on any atom is 0.240 e. The Morgan fingerprint density at radius 1 is 1.32 bits per heavy atom. The Hall–Kier alpha value is -2.82. The van der Waals surface area contributed by atoms with Crippen molar-refractivity contribution in [2.45, 2.75) is 32.9 Å². The van der Waals surface area contributed by atoms with Gasteiger partial charge in [0.25, 0.3) is 0 Å². The van der Waals surface area contributed by atoms with Crippen molar-refractivity contribution in [2.75, 3.05) is 11.4 Å². The lowest BCUT2D eigenvalue weighted by molar-refractivity contribution is -0.119. The average Bonchev–Trinajstić information content (AvgIpc) is 3.08. The summed E-state index contributed by atoms with van der Waals surface area (Å²) >= 11 is 0. The molecule has 1 aromatic carbocycles. The largest absolute Gasteiger partial charge is 0.368 e. The molecule has 0 saturated carbocycles. The van der Waals surface area contributed by atoms with Crippen LogP contribution in [0.25, 0.3) is 0 Å². The van der Waals surface area contributed by atoms with Gasteiger partial charge in [-0.25, -0.2) is 0 Å². The molecule has 0 radical (unpaired) electrons. The maximum absolute atomic E-state index is 12.9. The number of aryl methyl sites for hydroxylation is 1. The van der Waals surface area contributed by atoms with Crippen molar-refractivity contribution in [3.63, 3.8) is 0 Å². The Bertz CT molecular complexity index is 851. The number of rotatable bonds is 6. The summed E-state index contributed by atoms with van der Waals surface area (Å²) in [5.74, 6) is -0.410. The summed E-state index contributed by atoms with van der Waals surface area (Å²) in [6.45, 7) is 8.49. The van der Waals surface area contributed by atoms with Crippen molar-refractivity contribution >= 4 is 17.4 Å². The van der Waals surface area contributed by atoms with Gasteiger partial charge >= 0.3 is 0 Å². The van der Waals surface area contributed by atoms with E-state index in [1.54, 1.807) is 0 Å². The Morgan fingerprint density at radius 2 is 2.04 bits per heavy atom. The Labute approximate surface area is 147 Å². The molecular formula is C20H23N3O2. The topological polar surface area (TPSA) is 68.3 Å². The van der Waals surface area contributed by atoms with E-state index in [4.69, 9.17) is 5.73 Å². The second-order valence-corrected chi connectivity index (χ2v) is 6.49. The molecular weight excluding hydrogens is 314 g/mol. The molecule has 0 spiro atoms. The van der Waals surface area contributed by atoms with Crippen LogP contribution < -0.4 is 10.6 Å². The first kappa shape index (κ1) is 17.0. The van der Waals surface area contributed by atoms with E-state index in [1.807, 2.05) is 55.2 Å². The number of nitrogens with zero attached hydrogens (tertiary/aromatic N) is 2. The molecule has 3 rings (SSSR count). The highest BCUT2D eigenvalue weighted by Gasteiger charge is 2.34. The highest BCUT2D eigenvalue weighted by molar-refractivity contribution is 6.02. The predicted molar refractivity (Wildman–Crippen MR) is 98.9 cm³/mol. The van der Waals surface area contributed by atoms with Crippen LogP contribution in [0.3, 0.4) is 0 Å². The Morgan fingerprint density at radius 3 is 2.72 bits per heavy atom. The number of carbonyl (C=O) groups excluding carboxylic acids is 2. The summed E-state index contributed by atoms with van der Waals surface area (Å²) in [6, 6.07) is 9.19. The number of ketones is 1. The number of aromatic nitrogens is 1. The molecule has 5 nitrogen and oxygen atoms in total. The fourth-order valence-corrected chi connectivity index (χ4v) is 3.63. The van der Waals surface area contributed by atoms with Gasteiger partial charge in [0.15, 0.2) is 5.78 Å². The molecule has 0 saturated heterocycles. The molecule has 5 heteroatoms. The van der Waals surface area contributed by atoms with Crippen LogP contribution in [0.1, 0.15) is 27.3 Å². The van der Waals surface area contributed by atoms with Gasteiger partial charge in [-0.3, -0.25) is 9.59 Å². The third kappa shape index (κ3) is 2.97. The maximum atomic E-state index is 12.9. The minimum absolute atomic E-state index is 0.00800. The van der Waals surface area contributed by atoms with Gasteiger partial charge in [0.05, 0.1) is 6.54 Å². The molecule has 130 valence electrons. The number of para-hydroxylation sites is 1. The highest BCUT2D eigenvalue weighted by Crippen LogP contribution is 2.32. The summed E-state index contributed by atoms with van der Waals surface area (Å²) in [5, 5.41) is 0. The summed E-state index contributed by atoms with van der Waals surface area (Å²) in [5.41, 5.74) is 10.2. The van der Waals surface area contributed by atoms with Crippen LogP contribution in [0.15, 0.2) is 43.0 Å². The third-order valence-electron chi connectivity index (χ3n) is 4.92. The van der Waals surface area contributed by atoms with Crippen LogP contribution in [-0.2, 0) is 17.8 Å². The number of allylic oxidation sites excluding steroid dienone is 1. The molecule has 1 amide bonds. The zero-order chi connectivity index (χ0) is 18.1. The lowest BCUT2D eigenvalue weighted by atomic mass is 10.1. The van der Waals surface area contributed by atoms with E-state index in [0.29, 0.717) is 18.5 Å². The fraction of sp³-hybridized carbons (Fsp3) is 0.300. The molecule has 1 aliphatic rings. The van der Waals surface area contributed by atoms with E-state index < -0.39 is 11.9 Å². The number of amides is 1. The van der Waals surface area contributed by atoms with Gasteiger partial charge in [0.1, 0.15) is 6.04 Å². The number of benzene rings is 1. The quantitative estimate of drug-likeness (QED) is 0.650. The van der Waals surface area contributed by atoms with Crippen molar-refractivity contribution in [2.24, 2.45) is 5.73 Å². The molecule has 1 aromatic heterocycles. The molecule has 1 atom stereocenters. The number of hydrogen-bond donors (Lipinski definition) is 1. The highest BCUT2D eigenvalue weighted by atomic mass is 16.1. The van der Waals surface area contributed by atoms with E-state index in [2.05, 4.69) is 11.1 Å². The van der Waals surface area contributed by atoms with E-state index in [1.165, 1.54) is 0 Å². The number of fused-ring (bicyclic) bond motifs is 1. The Kier molecular flexibility index (Phi) is 4.49. The molecule has 0 unspecified atom stereocenters. The van der Waals surface area contributed by atoms with Crippen LogP contribution >= 0.6 is 0 Å². The van der Waals surface area contributed by atoms with Gasteiger partial charge < -0.3 is 15.2 Å². The lowest BCUT2D eigenvalue weighted by Crippen LogP contribution is -2.45. The number of anilines is 1. The summed E-state index contributed by atoms with van der Waals surface area (Å²) in [6.07, 6.45) is 2.36. The normalized spacial score (nSPS) is 15.9. The number of carbonyl (C=O) groups is 2. The monoisotopic (exact) mass is 337 g/mol. The first-order valence-corrected chi connectivity index (χ1v) is 8.38. The van der Waals surface area contributed by atoms with Gasteiger partial charge in [-0.2, -0.15) is 0 Å². The van der Waals surface area contributed by atoms with E-state index in [-0.39, 0.29) is 12.3 Å². The van der Waals surface area contributed by atoms with Crippen molar-refractivity contribution in [1.82, 2.24) is 4.57 Å². The molecule has 0 fully saturated rings. The molecule has 2 aromatic rings. The van der Waals surface area contributed by atoms with Crippen molar-refractivity contribution in [1.29, 1.82) is 0 Å². The fourth-order valence-electron chi connectivity index (χ4n) is 3.63. The summed E-state index contributed by atoms with van der Waals surface area (Å²) in [7, 11) is 0.